The second-order valence-electron chi connectivity index (χ2n) is 5.92. The number of fused-ring (bicyclic) bond motifs is 1. The third-order valence-corrected chi connectivity index (χ3v) is 4.72. The van der Waals surface area contributed by atoms with E-state index in [0.29, 0.717) is 22.9 Å². The summed E-state index contributed by atoms with van der Waals surface area (Å²) >= 11 is 5.88. The standard InChI is InChI=1S/C18H12ClNO4/c19-12-7-5-11(6-8-12)18(9-10-18)17(23)24-20-15(21)13-3-1-2-4-14(13)16(20)22/h1-8H,9-10H2. The van der Waals surface area contributed by atoms with Crippen molar-refractivity contribution in [3.63, 3.8) is 0 Å². The first-order valence-electron chi connectivity index (χ1n) is 7.49. The van der Waals surface area contributed by atoms with E-state index >= 15 is 0 Å². The van der Waals surface area contributed by atoms with Gasteiger partial charge in [-0.05, 0) is 42.7 Å². The molecular formula is C18H12ClNO4. The summed E-state index contributed by atoms with van der Waals surface area (Å²) in [4.78, 5) is 42.4. The van der Waals surface area contributed by atoms with Crippen LogP contribution in [0.1, 0.15) is 39.1 Å². The fraction of sp³-hybridized carbons (Fsp3) is 0.167. The molecule has 1 aliphatic heterocycles. The van der Waals surface area contributed by atoms with E-state index in [4.69, 9.17) is 16.4 Å². The highest BCUT2D eigenvalue weighted by atomic mass is 35.5. The molecule has 0 atom stereocenters. The Balaban J connectivity index is 1.58. The Bertz CT molecular complexity index is 836. The lowest BCUT2D eigenvalue weighted by Gasteiger charge is -2.18. The maximum atomic E-state index is 12.6. The first kappa shape index (κ1) is 14.9. The molecule has 2 aliphatic rings. The summed E-state index contributed by atoms with van der Waals surface area (Å²) in [6, 6.07) is 13.3. The monoisotopic (exact) mass is 341 g/mol. The van der Waals surface area contributed by atoms with Gasteiger partial charge in [0.1, 0.15) is 0 Å². The number of hydrogen-bond donors (Lipinski definition) is 0. The number of carbonyl (C=O) groups is 3. The Kier molecular flexibility index (Phi) is 3.21. The fourth-order valence-electron chi connectivity index (χ4n) is 2.92. The van der Waals surface area contributed by atoms with Crippen LogP contribution in [-0.4, -0.2) is 22.8 Å². The second-order valence-corrected chi connectivity index (χ2v) is 6.35. The number of amides is 2. The van der Waals surface area contributed by atoms with Crippen molar-refractivity contribution in [3.05, 3.63) is 70.2 Å². The van der Waals surface area contributed by atoms with Gasteiger partial charge >= 0.3 is 5.97 Å². The SMILES string of the molecule is O=C1c2ccccc2C(=O)N1OC(=O)C1(c2ccc(Cl)cc2)CC1. The van der Waals surface area contributed by atoms with E-state index in [1.807, 2.05) is 0 Å². The summed E-state index contributed by atoms with van der Waals surface area (Å²) in [6.07, 6.45) is 1.22. The molecule has 1 fully saturated rings. The van der Waals surface area contributed by atoms with Crippen LogP contribution >= 0.6 is 11.6 Å². The van der Waals surface area contributed by atoms with Crippen LogP contribution in [0.5, 0.6) is 0 Å². The highest BCUT2D eigenvalue weighted by Crippen LogP contribution is 2.49. The van der Waals surface area contributed by atoms with Crippen molar-refractivity contribution in [2.45, 2.75) is 18.3 Å². The van der Waals surface area contributed by atoms with Gasteiger partial charge < -0.3 is 4.84 Å². The zero-order valence-electron chi connectivity index (χ0n) is 12.5. The van der Waals surface area contributed by atoms with Gasteiger partial charge in [-0.3, -0.25) is 9.59 Å². The number of benzene rings is 2. The molecule has 2 aromatic carbocycles. The minimum atomic E-state index is -0.806. The highest BCUT2D eigenvalue weighted by Gasteiger charge is 2.55. The number of rotatable bonds is 3. The molecule has 0 bridgehead atoms. The first-order valence-corrected chi connectivity index (χ1v) is 7.87. The van der Waals surface area contributed by atoms with E-state index < -0.39 is 23.2 Å². The molecule has 2 aromatic rings. The largest absolute Gasteiger partial charge is 0.343 e. The van der Waals surface area contributed by atoms with Crippen LogP contribution in [-0.2, 0) is 15.0 Å². The lowest BCUT2D eigenvalue weighted by Crippen LogP contribution is -2.37. The topological polar surface area (TPSA) is 63.7 Å². The average Bonchev–Trinajstić information content (AvgIpc) is 3.37. The summed E-state index contributed by atoms with van der Waals surface area (Å²) in [7, 11) is 0. The zero-order valence-corrected chi connectivity index (χ0v) is 13.2. The molecule has 0 unspecified atom stereocenters. The fourth-order valence-corrected chi connectivity index (χ4v) is 3.05. The van der Waals surface area contributed by atoms with Gasteiger partial charge in [0.15, 0.2) is 0 Å². The highest BCUT2D eigenvalue weighted by molar-refractivity contribution is 6.30. The Labute approximate surface area is 142 Å². The summed E-state index contributed by atoms with van der Waals surface area (Å²) in [6.45, 7) is 0. The maximum absolute atomic E-state index is 12.6. The van der Waals surface area contributed by atoms with E-state index in [9.17, 15) is 14.4 Å². The van der Waals surface area contributed by atoms with Gasteiger partial charge in [-0.15, -0.1) is 0 Å². The van der Waals surface area contributed by atoms with Crippen molar-refractivity contribution in [1.29, 1.82) is 0 Å². The molecule has 0 N–H and O–H groups in total. The molecule has 6 heteroatoms. The Morgan fingerprint density at radius 2 is 1.50 bits per heavy atom. The van der Waals surface area contributed by atoms with Gasteiger partial charge in [-0.25, -0.2) is 4.79 Å². The molecule has 5 nitrogen and oxygen atoms in total. The van der Waals surface area contributed by atoms with E-state index in [-0.39, 0.29) is 11.1 Å². The van der Waals surface area contributed by atoms with Gasteiger partial charge in [-0.1, -0.05) is 40.9 Å². The molecule has 120 valence electrons. The van der Waals surface area contributed by atoms with E-state index in [0.717, 1.165) is 5.56 Å². The number of hydroxylamine groups is 2. The quantitative estimate of drug-likeness (QED) is 0.805. The van der Waals surface area contributed by atoms with E-state index in [1.54, 1.807) is 36.4 Å². The van der Waals surface area contributed by atoms with E-state index in [1.165, 1.54) is 12.1 Å². The summed E-state index contributed by atoms with van der Waals surface area (Å²) in [5.41, 5.74) is 0.451. The lowest BCUT2D eigenvalue weighted by molar-refractivity contribution is -0.171. The van der Waals surface area contributed by atoms with Crippen LogP contribution in [0, 0.1) is 0 Å². The number of imide groups is 1. The van der Waals surface area contributed by atoms with Crippen LogP contribution in [0.15, 0.2) is 48.5 Å². The maximum Gasteiger partial charge on any atom is 0.343 e. The van der Waals surface area contributed by atoms with Gasteiger partial charge in [0, 0.05) is 5.02 Å². The minimum Gasteiger partial charge on any atom is -0.329 e. The lowest BCUT2D eigenvalue weighted by atomic mass is 9.96. The van der Waals surface area contributed by atoms with Crippen LogP contribution < -0.4 is 0 Å². The van der Waals surface area contributed by atoms with Crippen LogP contribution in [0.2, 0.25) is 5.02 Å². The van der Waals surface area contributed by atoms with Crippen molar-refractivity contribution >= 4 is 29.4 Å². The van der Waals surface area contributed by atoms with Crippen LogP contribution in [0.25, 0.3) is 0 Å². The van der Waals surface area contributed by atoms with Crippen molar-refractivity contribution in [3.8, 4) is 0 Å². The van der Waals surface area contributed by atoms with Crippen LogP contribution in [0.3, 0.4) is 0 Å². The molecule has 1 heterocycles. The molecule has 0 spiro atoms. The van der Waals surface area contributed by atoms with Crippen LogP contribution in [0.4, 0.5) is 0 Å². The van der Waals surface area contributed by atoms with Crippen molar-refractivity contribution in [2.75, 3.05) is 0 Å². The normalized spacial score (nSPS) is 17.6. The Morgan fingerprint density at radius 1 is 0.958 bits per heavy atom. The zero-order chi connectivity index (χ0) is 16.9. The van der Waals surface area contributed by atoms with Gasteiger partial charge in [-0.2, -0.15) is 0 Å². The van der Waals surface area contributed by atoms with E-state index in [2.05, 4.69) is 0 Å². The first-order chi connectivity index (χ1) is 11.5. The molecule has 1 saturated carbocycles. The smallest absolute Gasteiger partial charge is 0.329 e. The van der Waals surface area contributed by atoms with Crippen molar-refractivity contribution in [1.82, 2.24) is 5.06 Å². The predicted molar refractivity (Wildman–Crippen MR) is 85.4 cm³/mol. The molecule has 4 rings (SSSR count). The number of halogens is 1. The second kappa shape index (κ2) is 5.18. The molecule has 24 heavy (non-hydrogen) atoms. The molecular weight excluding hydrogens is 330 g/mol. The molecule has 0 radical (unpaired) electrons. The molecule has 1 aliphatic carbocycles. The summed E-state index contributed by atoms with van der Waals surface area (Å²) in [5.74, 6) is -1.83. The van der Waals surface area contributed by atoms with Gasteiger partial charge in [0.25, 0.3) is 11.8 Å². The third kappa shape index (κ3) is 2.12. The van der Waals surface area contributed by atoms with Gasteiger partial charge in [0.2, 0.25) is 0 Å². The Hall–Kier alpha value is -2.66. The number of hydrogen-bond acceptors (Lipinski definition) is 4. The summed E-state index contributed by atoms with van der Waals surface area (Å²) < 4.78 is 0. The minimum absolute atomic E-state index is 0.242. The predicted octanol–water partition coefficient (Wildman–Crippen LogP) is 3.13. The number of carbonyl (C=O) groups excluding carboxylic acids is 3. The van der Waals surface area contributed by atoms with Crippen molar-refractivity contribution in [2.24, 2.45) is 0 Å². The molecule has 0 aromatic heterocycles. The third-order valence-electron chi connectivity index (χ3n) is 4.47. The summed E-state index contributed by atoms with van der Waals surface area (Å²) in [5, 5.41) is 1.13. The van der Waals surface area contributed by atoms with Crippen molar-refractivity contribution < 1.29 is 19.2 Å². The molecule has 2 amide bonds. The Morgan fingerprint density at radius 3 is 2.00 bits per heavy atom. The van der Waals surface area contributed by atoms with Gasteiger partial charge in [0.05, 0.1) is 16.5 Å². The number of nitrogens with zero attached hydrogens (tertiary/aromatic N) is 1. The molecule has 0 saturated heterocycles. The average molecular weight is 342 g/mol.